The van der Waals surface area contributed by atoms with E-state index in [0.29, 0.717) is 0 Å². The molecule has 3 N–H and O–H groups in total. The summed E-state index contributed by atoms with van der Waals surface area (Å²) in [5, 5.41) is 26.3. The normalized spacial score (nSPS) is 37.4. The van der Waals surface area contributed by atoms with Crippen molar-refractivity contribution >= 4 is 5.97 Å². The first-order chi connectivity index (χ1) is 5.20. The van der Waals surface area contributed by atoms with Crippen LogP contribution >= 0.6 is 0 Å². The second-order valence-corrected chi connectivity index (χ2v) is 2.44. The fourth-order valence-corrected chi connectivity index (χ4v) is 1.03. The van der Waals surface area contributed by atoms with E-state index in [-0.39, 0.29) is 0 Å². The number of ether oxygens (including phenoxy) is 1. The van der Waals surface area contributed by atoms with Gasteiger partial charge in [-0.05, 0) is 0 Å². The van der Waals surface area contributed by atoms with Crippen molar-refractivity contribution in [1.29, 1.82) is 0 Å². The maximum Gasteiger partial charge on any atom is 0.314 e. The third-order valence-corrected chi connectivity index (χ3v) is 1.74. The van der Waals surface area contributed by atoms with Crippen molar-refractivity contribution in [2.24, 2.45) is 5.92 Å². The highest BCUT2D eigenvalue weighted by Gasteiger charge is 2.42. The first-order valence-electron chi connectivity index (χ1n) is 3.31. The zero-order valence-electron chi connectivity index (χ0n) is 5.80. The Hall–Kier alpha value is -0.650. The molecule has 0 aromatic rings. The van der Waals surface area contributed by atoms with Crippen LogP contribution in [0.4, 0.5) is 0 Å². The van der Waals surface area contributed by atoms with Gasteiger partial charge in [0.1, 0.15) is 12.0 Å². The number of carbonyl (C=O) groups excluding carboxylic acids is 1. The summed E-state index contributed by atoms with van der Waals surface area (Å²) >= 11 is 0. The Morgan fingerprint density at radius 2 is 2.00 bits per heavy atom. The lowest BCUT2D eigenvalue weighted by atomic mass is 10.0. The SMILES string of the molecule is O=C1O[C@H](CO)[C@H](O)[C@@H]1CO. The van der Waals surface area contributed by atoms with E-state index < -0.39 is 37.3 Å². The molecule has 1 heterocycles. The molecule has 0 amide bonds. The van der Waals surface area contributed by atoms with Gasteiger partial charge in [-0.15, -0.1) is 0 Å². The van der Waals surface area contributed by atoms with Crippen LogP contribution in [0.2, 0.25) is 0 Å². The number of hydrogen-bond donors (Lipinski definition) is 3. The molecule has 5 heteroatoms. The van der Waals surface area contributed by atoms with Crippen molar-refractivity contribution < 1.29 is 24.9 Å². The molecule has 1 aliphatic rings. The number of aliphatic hydroxyl groups excluding tert-OH is 3. The van der Waals surface area contributed by atoms with Gasteiger partial charge in [0.25, 0.3) is 0 Å². The molecular weight excluding hydrogens is 152 g/mol. The molecule has 1 fully saturated rings. The fourth-order valence-electron chi connectivity index (χ4n) is 1.03. The highest BCUT2D eigenvalue weighted by molar-refractivity contribution is 5.75. The monoisotopic (exact) mass is 162 g/mol. The minimum atomic E-state index is -1.09. The van der Waals surface area contributed by atoms with Crippen molar-refractivity contribution in [3.63, 3.8) is 0 Å². The summed E-state index contributed by atoms with van der Waals surface area (Å²) in [7, 11) is 0. The van der Waals surface area contributed by atoms with Crippen molar-refractivity contribution in [1.82, 2.24) is 0 Å². The van der Waals surface area contributed by atoms with Crippen LogP contribution in [0, 0.1) is 5.92 Å². The predicted molar refractivity (Wildman–Crippen MR) is 33.5 cm³/mol. The van der Waals surface area contributed by atoms with E-state index in [9.17, 15) is 4.79 Å². The van der Waals surface area contributed by atoms with Crippen molar-refractivity contribution in [3.8, 4) is 0 Å². The zero-order valence-corrected chi connectivity index (χ0v) is 5.80. The van der Waals surface area contributed by atoms with E-state index in [1.165, 1.54) is 0 Å². The van der Waals surface area contributed by atoms with Gasteiger partial charge in [0.15, 0.2) is 6.10 Å². The van der Waals surface area contributed by atoms with Crippen molar-refractivity contribution in [3.05, 3.63) is 0 Å². The van der Waals surface area contributed by atoms with Gasteiger partial charge in [0.2, 0.25) is 0 Å². The number of cyclic esters (lactones) is 1. The molecule has 64 valence electrons. The Bertz CT molecular complexity index is 157. The lowest BCUT2D eigenvalue weighted by Crippen LogP contribution is -2.31. The summed E-state index contributed by atoms with van der Waals surface area (Å²) in [6.07, 6.45) is -1.96. The molecule has 0 aromatic heterocycles. The van der Waals surface area contributed by atoms with Crippen LogP contribution in [0.25, 0.3) is 0 Å². The van der Waals surface area contributed by atoms with Gasteiger partial charge >= 0.3 is 5.97 Å². The first-order valence-corrected chi connectivity index (χ1v) is 3.31. The van der Waals surface area contributed by atoms with Crippen LogP contribution in [0.15, 0.2) is 0 Å². The third-order valence-electron chi connectivity index (χ3n) is 1.74. The Morgan fingerprint density at radius 1 is 1.36 bits per heavy atom. The molecule has 0 radical (unpaired) electrons. The van der Waals surface area contributed by atoms with E-state index in [2.05, 4.69) is 4.74 Å². The van der Waals surface area contributed by atoms with Gasteiger partial charge in [-0.25, -0.2) is 0 Å². The van der Waals surface area contributed by atoms with E-state index in [1.807, 2.05) is 0 Å². The van der Waals surface area contributed by atoms with Crippen LogP contribution in [0.5, 0.6) is 0 Å². The fraction of sp³-hybridized carbons (Fsp3) is 0.833. The molecule has 0 spiro atoms. The average molecular weight is 162 g/mol. The maximum atomic E-state index is 10.7. The summed E-state index contributed by atoms with van der Waals surface area (Å²) in [4.78, 5) is 10.7. The second kappa shape index (κ2) is 3.17. The van der Waals surface area contributed by atoms with Gasteiger partial charge in [-0.3, -0.25) is 4.79 Å². The first kappa shape index (κ1) is 8.45. The highest BCUT2D eigenvalue weighted by atomic mass is 16.6. The molecule has 3 atom stereocenters. The molecule has 0 aromatic carbocycles. The van der Waals surface area contributed by atoms with E-state index in [4.69, 9.17) is 15.3 Å². The predicted octanol–water partition coefficient (Wildman–Crippen LogP) is -2.13. The van der Waals surface area contributed by atoms with E-state index in [0.717, 1.165) is 0 Å². The third kappa shape index (κ3) is 1.35. The number of rotatable bonds is 2. The zero-order chi connectivity index (χ0) is 8.43. The van der Waals surface area contributed by atoms with Gasteiger partial charge < -0.3 is 20.1 Å². The van der Waals surface area contributed by atoms with Crippen molar-refractivity contribution in [2.45, 2.75) is 12.2 Å². The molecule has 0 saturated carbocycles. The summed E-state index contributed by atoms with van der Waals surface area (Å²) in [6, 6.07) is 0. The largest absolute Gasteiger partial charge is 0.457 e. The number of aliphatic hydroxyl groups is 3. The van der Waals surface area contributed by atoms with E-state index >= 15 is 0 Å². The van der Waals surface area contributed by atoms with Crippen LogP contribution < -0.4 is 0 Å². The minimum absolute atomic E-state index is 0.413. The Labute approximate surface area is 63.2 Å². The van der Waals surface area contributed by atoms with Crippen LogP contribution in [-0.2, 0) is 9.53 Å². The standard InChI is InChI=1S/C6H10O5/c7-1-3-5(9)4(2-8)11-6(3)10/h3-5,7-9H,1-2H2/t3-,4+,5+/m0/s1. The molecule has 5 nitrogen and oxygen atoms in total. The summed E-state index contributed by atoms with van der Waals surface area (Å²) in [6.45, 7) is -0.861. The van der Waals surface area contributed by atoms with Gasteiger partial charge in [0, 0.05) is 0 Å². The summed E-state index contributed by atoms with van der Waals surface area (Å²) in [5.41, 5.74) is 0. The molecule has 0 aliphatic carbocycles. The highest BCUT2D eigenvalue weighted by Crippen LogP contribution is 2.20. The quantitative estimate of drug-likeness (QED) is 0.404. The Balaban J connectivity index is 2.62. The van der Waals surface area contributed by atoms with Crippen LogP contribution in [0.3, 0.4) is 0 Å². The molecule has 11 heavy (non-hydrogen) atoms. The average Bonchev–Trinajstić information content (AvgIpc) is 2.26. The van der Waals surface area contributed by atoms with Crippen LogP contribution in [-0.4, -0.2) is 46.7 Å². The second-order valence-electron chi connectivity index (χ2n) is 2.44. The molecule has 0 bridgehead atoms. The van der Waals surface area contributed by atoms with Crippen LogP contribution in [0.1, 0.15) is 0 Å². The number of hydrogen-bond acceptors (Lipinski definition) is 5. The topological polar surface area (TPSA) is 87.0 Å². The summed E-state index contributed by atoms with van der Waals surface area (Å²) < 4.78 is 4.53. The Morgan fingerprint density at radius 3 is 2.27 bits per heavy atom. The van der Waals surface area contributed by atoms with Gasteiger partial charge in [0.05, 0.1) is 13.2 Å². The lowest BCUT2D eigenvalue weighted by Gasteiger charge is -2.10. The van der Waals surface area contributed by atoms with Gasteiger partial charge in [-0.2, -0.15) is 0 Å². The molecule has 1 rings (SSSR count). The molecular formula is C6H10O5. The summed E-state index contributed by atoms with van der Waals surface area (Å²) in [5.74, 6) is -1.55. The van der Waals surface area contributed by atoms with Crippen molar-refractivity contribution in [2.75, 3.05) is 13.2 Å². The Kier molecular flexibility index (Phi) is 2.43. The number of carbonyl (C=O) groups is 1. The molecule has 1 aliphatic heterocycles. The smallest absolute Gasteiger partial charge is 0.314 e. The minimum Gasteiger partial charge on any atom is -0.457 e. The number of esters is 1. The maximum absolute atomic E-state index is 10.7. The van der Waals surface area contributed by atoms with E-state index in [1.54, 1.807) is 0 Å². The molecule has 1 saturated heterocycles. The molecule has 0 unspecified atom stereocenters. The van der Waals surface area contributed by atoms with Gasteiger partial charge in [-0.1, -0.05) is 0 Å². The lowest BCUT2D eigenvalue weighted by molar-refractivity contribution is -0.146.